The molecule has 2 rings (SSSR count). The molecule has 20 heavy (non-hydrogen) atoms. The van der Waals surface area contributed by atoms with Gasteiger partial charge in [0.2, 0.25) is 5.43 Å². The van der Waals surface area contributed by atoms with Gasteiger partial charge in [-0.2, -0.15) is 0 Å². The highest BCUT2D eigenvalue weighted by Crippen LogP contribution is 2.29. The molecule has 0 radical (unpaired) electrons. The van der Waals surface area contributed by atoms with E-state index in [1.165, 1.54) is 23.9 Å². The second kappa shape index (κ2) is 6.15. The second-order valence-corrected chi connectivity index (χ2v) is 5.76. The lowest BCUT2D eigenvalue weighted by atomic mass is 10.2. The fourth-order valence-corrected chi connectivity index (χ4v) is 2.94. The number of carboxylic acid groups (broad SMARTS) is 1. The van der Waals surface area contributed by atoms with Crippen molar-refractivity contribution in [3.05, 3.63) is 56.5 Å². The molecule has 5 nitrogen and oxygen atoms in total. The predicted octanol–water partition coefficient (Wildman–Crippen LogP) is 3.10. The molecule has 0 aliphatic heterocycles. The number of halogens is 1. The van der Waals surface area contributed by atoms with Crippen molar-refractivity contribution in [2.24, 2.45) is 0 Å². The Hall–Kier alpha value is -1.73. The van der Waals surface area contributed by atoms with Crippen LogP contribution in [0.1, 0.15) is 16.1 Å². The van der Waals surface area contributed by atoms with Gasteiger partial charge >= 0.3 is 5.97 Å². The average Bonchev–Trinajstić information content (AvgIpc) is 2.40. The summed E-state index contributed by atoms with van der Waals surface area (Å²) in [7, 11) is 0. The lowest BCUT2D eigenvalue weighted by Gasteiger charge is -2.06. The van der Waals surface area contributed by atoms with Gasteiger partial charge in [0.25, 0.3) is 0 Å². The maximum atomic E-state index is 11.3. The van der Waals surface area contributed by atoms with Gasteiger partial charge in [-0.05, 0) is 18.2 Å². The van der Waals surface area contributed by atoms with Gasteiger partial charge in [-0.25, -0.2) is 4.79 Å². The molecule has 1 aromatic heterocycles. The minimum atomic E-state index is -1.02. The van der Waals surface area contributed by atoms with Crippen molar-refractivity contribution in [3.63, 3.8) is 0 Å². The van der Waals surface area contributed by atoms with Crippen LogP contribution in [0.2, 0.25) is 0 Å². The van der Waals surface area contributed by atoms with Crippen LogP contribution in [0, 0.1) is 0 Å². The lowest BCUT2D eigenvalue weighted by molar-refractivity contribution is 0.0693. The number of carbonyl (C=O) groups is 1. The van der Waals surface area contributed by atoms with Gasteiger partial charge < -0.3 is 14.6 Å². The van der Waals surface area contributed by atoms with Crippen molar-refractivity contribution in [1.29, 1.82) is 0 Å². The molecule has 2 N–H and O–H groups in total. The SMILES string of the molecule is O=C(O)c1ccc(Br)cc1SCc1cc(=O)c(O)co1. The third kappa shape index (κ3) is 3.43. The topological polar surface area (TPSA) is 87.7 Å². The van der Waals surface area contributed by atoms with E-state index in [-0.39, 0.29) is 11.3 Å². The van der Waals surface area contributed by atoms with E-state index in [1.54, 1.807) is 12.1 Å². The third-order valence-corrected chi connectivity index (χ3v) is 3.98. The molecule has 0 aliphatic rings. The Kier molecular flexibility index (Phi) is 4.51. The van der Waals surface area contributed by atoms with E-state index in [9.17, 15) is 9.59 Å². The van der Waals surface area contributed by atoms with E-state index < -0.39 is 17.1 Å². The van der Waals surface area contributed by atoms with Gasteiger partial charge in [0.05, 0.1) is 11.3 Å². The number of aromatic hydroxyl groups is 1. The largest absolute Gasteiger partial charge is 0.502 e. The third-order valence-electron chi connectivity index (χ3n) is 2.41. The van der Waals surface area contributed by atoms with Gasteiger partial charge in [-0.3, -0.25) is 4.79 Å². The fourth-order valence-electron chi connectivity index (χ4n) is 1.46. The van der Waals surface area contributed by atoms with E-state index >= 15 is 0 Å². The van der Waals surface area contributed by atoms with Gasteiger partial charge in [-0.15, -0.1) is 11.8 Å². The summed E-state index contributed by atoms with van der Waals surface area (Å²) in [4.78, 5) is 22.9. The summed E-state index contributed by atoms with van der Waals surface area (Å²) in [5, 5.41) is 18.2. The predicted molar refractivity (Wildman–Crippen MR) is 77.3 cm³/mol. The van der Waals surface area contributed by atoms with Crippen molar-refractivity contribution in [2.45, 2.75) is 10.6 Å². The van der Waals surface area contributed by atoms with Crippen LogP contribution in [0.25, 0.3) is 0 Å². The number of benzene rings is 1. The zero-order valence-electron chi connectivity index (χ0n) is 10.00. The first-order chi connectivity index (χ1) is 9.47. The monoisotopic (exact) mass is 356 g/mol. The van der Waals surface area contributed by atoms with Crippen LogP contribution in [0.15, 0.2) is 49.1 Å². The molecule has 1 heterocycles. The summed E-state index contributed by atoms with van der Waals surface area (Å²) in [6.45, 7) is 0. The Morgan fingerprint density at radius 2 is 2.10 bits per heavy atom. The number of carboxylic acids is 1. The Morgan fingerprint density at radius 1 is 1.35 bits per heavy atom. The highest BCUT2D eigenvalue weighted by atomic mass is 79.9. The number of aromatic carboxylic acids is 1. The van der Waals surface area contributed by atoms with E-state index in [0.29, 0.717) is 10.7 Å². The summed E-state index contributed by atoms with van der Waals surface area (Å²) in [6.07, 6.45) is 0.969. The molecular weight excluding hydrogens is 348 g/mol. The van der Waals surface area contributed by atoms with Crippen molar-refractivity contribution in [2.75, 3.05) is 0 Å². The highest BCUT2D eigenvalue weighted by Gasteiger charge is 2.12. The molecule has 0 fully saturated rings. The molecule has 0 spiro atoms. The molecule has 0 atom stereocenters. The molecule has 0 saturated carbocycles. The molecule has 2 aromatic rings. The summed E-state index contributed by atoms with van der Waals surface area (Å²) in [5.74, 6) is -0.833. The Morgan fingerprint density at radius 3 is 2.75 bits per heavy atom. The zero-order chi connectivity index (χ0) is 14.7. The Labute approximate surface area is 126 Å². The summed E-state index contributed by atoms with van der Waals surface area (Å²) in [6, 6.07) is 6.02. The van der Waals surface area contributed by atoms with Crippen LogP contribution >= 0.6 is 27.7 Å². The first-order valence-corrected chi connectivity index (χ1v) is 7.21. The maximum absolute atomic E-state index is 11.3. The van der Waals surface area contributed by atoms with E-state index in [1.807, 2.05) is 0 Å². The van der Waals surface area contributed by atoms with Crippen molar-refractivity contribution in [1.82, 2.24) is 0 Å². The van der Waals surface area contributed by atoms with Crippen LogP contribution in [-0.4, -0.2) is 16.2 Å². The van der Waals surface area contributed by atoms with Crippen molar-refractivity contribution in [3.8, 4) is 5.75 Å². The van der Waals surface area contributed by atoms with Gasteiger partial charge in [0.15, 0.2) is 5.75 Å². The normalized spacial score (nSPS) is 10.4. The highest BCUT2D eigenvalue weighted by molar-refractivity contribution is 9.10. The van der Waals surface area contributed by atoms with E-state index in [2.05, 4.69) is 15.9 Å². The van der Waals surface area contributed by atoms with Gasteiger partial charge in [0.1, 0.15) is 12.0 Å². The summed E-state index contributed by atoms with van der Waals surface area (Å²) in [5.41, 5.74) is -0.348. The molecule has 0 saturated heterocycles. The molecule has 7 heteroatoms. The Balaban J connectivity index is 2.22. The first-order valence-electron chi connectivity index (χ1n) is 5.43. The molecule has 1 aromatic carbocycles. The smallest absolute Gasteiger partial charge is 0.336 e. The lowest BCUT2D eigenvalue weighted by Crippen LogP contribution is -2.00. The molecule has 0 unspecified atom stereocenters. The molecule has 0 bridgehead atoms. The first kappa shape index (κ1) is 14.7. The molecule has 0 aliphatic carbocycles. The maximum Gasteiger partial charge on any atom is 0.336 e. The van der Waals surface area contributed by atoms with Crippen LogP contribution in [-0.2, 0) is 5.75 Å². The summed E-state index contributed by atoms with van der Waals surface area (Å²) < 4.78 is 5.82. The second-order valence-electron chi connectivity index (χ2n) is 3.83. The number of thioether (sulfide) groups is 1. The van der Waals surface area contributed by atoms with E-state index in [0.717, 1.165) is 10.7 Å². The average molecular weight is 357 g/mol. The van der Waals surface area contributed by atoms with Crippen LogP contribution < -0.4 is 5.43 Å². The molecule has 0 amide bonds. The minimum absolute atomic E-state index is 0.180. The van der Waals surface area contributed by atoms with Crippen molar-refractivity contribution >= 4 is 33.7 Å². The molecular formula is C13H9BrO5S. The minimum Gasteiger partial charge on any atom is -0.502 e. The van der Waals surface area contributed by atoms with Crippen LogP contribution in [0.5, 0.6) is 5.75 Å². The Bertz CT molecular complexity index is 710. The van der Waals surface area contributed by atoms with E-state index in [4.69, 9.17) is 14.6 Å². The van der Waals surface area contributed by atoms with Gasteiger partial charge in [-0.1, -0.05) is 15.9 Å². The van der Waals surface area contributed by atoms with Crippen LogP contribution in [0.3, 0.4) is 0 Å². The molecule has 104 valence electrons. The van der Waals surface area contributed by atoms with Crippen LogP contribution in [0.4, 0.5) is 0 Å². The van der Waals surface area contributed by atoms with Crippen molar-refractivity contribution < 1.29 is 19.4 Å². The summed E-state index contributed by atoms with van der Waals surface area (Å²) >= 11 is 4.51. The number of rotatable bonds is 4. The fraction of sp³-hybridized carbons (Fsp3) is 0.0769. The number of hydrogen-bond donors (Lipinski definition) is 2. The quantitative estimate of drug-likeness (QED) is 0.818. The zero-order valence-corrected chi connectivity index (χ0v) is 12.4. The standard InChI is InChI=1S/C13H9BrO5S/c14-7-1-2-9(13(17)18)12(3-7)20-6-8-4-10(15)11(16)5-19-8/h1-5,16H,6H2,(H,17,18). The number of hydrogen-bond acceptors (Lipinski definition) is 5. The van der Waals surface area contributed by atoms with Gasteiger partial charge in [0, 0.05) is 15.4 Å².